The van der Waals surface area contributed by atoms with Gasteiger partial charge in [-0.05, 0) is 42.9 Å². The summed E-state index contributed by atoms with van der Waals surface area (Å²) in [6, 6.07) is 9.23. The monoisotopic (exact) mass is 256 g/mol. The van der Waals surface area contributed by atoms with Crippen molar-refractivity contribution in [3.8, 4) is 0 Å². The first kappa shape index (κ1) is 12.5. The van der Waals surface area contributed by atoms with Crippen molar-refractivity contribution < 1.29 is 9.53 Å². The maximum Gasteiger partial charge on any atom is 0.338 e. The summed E-state index contributed by atoms with van der Waals surface area (Å²) in [4.78, 5) is 12.1. The van der Waals surface area contributed by atoms with Crippen molar-refractivity contribution in [1.29, 1.82) is 0 Å². The van der Waals surface area contributed by atoms with Crippen molar-refractivity contribution in [1.82, 2.24) is 0 Å². The Morgan fingerprint density at radius 3 is 2.53 bits per heavy atom. The zero-order valence-electron chi connectivity index (χ0n) is 11.7. The highest BCUT2D eigenvalue weighted by Crippen LogP contribution is 2.59. The van der Waals surface area contributed by atoms with Crippen LogP contribution in [0.4, 0.5) is 0 Å². The predicted octanol–water partition coefficient (Wildman–Crippen LogP) is 3.83. The Balaban J connectivity index is 1.78. The summed E-state index contributed by atoms with van der Waals surface area (Å²) in [7, 11) is 0. The molecule has 1 saturated carbocycles. The summed E-state index contributed by atoms with van der Waals surface area (Å²) in [5.74, 6) is 0.925. The number of hydrogen-bond acceptors (Lipinski definition) is 2. The van der Waals surface area contributed by atoms with Crippen molar-refractivity contribution in [2.24, 2.45) is 17.3 Å². The molecule has 3 atom stereocenters. The Hall–Kier alpha value is -1.57. The van der Waals surface area contributed by atoms with Crippen LogP contribution in [0.25, 0.3) is 0 Å². The number of rotatable bonds is 2. The third-order valence-electron chi connectivity index (χ3n) is 4.97. The van der Waals surface area contributed by atoms with Crippen molar-refractivity contribution in [2.45, 2.75) is 33.3 Å². The summed E-state index contributed by atoms with van der Waals surface area (Å²) >= 11 is 0. The van der Waals surface area contributed by atoms with Gasteiger partial charge in [0.15, 0.2) is 0 Å². The molecule has 0 radical (unpaired) electrons. The third kappa shape index (κ3) is 1.90. The summed E-state index contributed by atoms with van der Waals surface area (Å²) in [6.45, 7) is 6.72. The predicted molar refractivity (Wildman–Crippen MR) is 74.8 cm³/mol. The van der Waals surface area contributed by atoms with Gasteiger partial charge in [0.2, 0.25) is 0 Å². The Kier molecular flexibility index (Phi) is 2.77. The van der Waals surface area contributed by atoms with E-state index >= 15 is 0 Å². The van der Waals surface area contributed by atoms with E-state index in [-0.39, 0.29) is 17.5 Å². The van der Waals surface area contributed by atoms with Crippen LogP contribution in [-0.4, -0.2) is 12.1 Å². The van der Waals surface area contributed by atoms with Gasteiger partial charge in [-0.1, -0.05) is 37.6 Å². The first-order valence-corrected chi connectivity index (χ1v) is 6.94. The first-order chi connectivity index (χ1) is 9.00. The molecule has 0 unspecified atom stereocenters. The molecule has 0 N–H and O–H groups in total. The fourth-order valence-electron chi connectivity index (χ4n) is 3.66. The number of hydrogen-bond donors (Lipinski definition) is 0. The van der Waals surface area contributed by atoms with E-state index in [1.54, 1.807) is 12.1 Å². The fourth-order valence-corrected chi connectivity index (χ4v) is 3.66. The van der Waals surface area contributed by atoms with E-state index in [1.165, 1.54) is 5.57 Å². The van der Waals surface area contributed by atoms with Crippen LogP contribution in [0.3, 0.4) is 0 Å². The molecule has 2 bridgehead atoms. The van der Waals surface area contributed by atoms with E-state index < -0.39 is 0 Å². The molecule has 0 heterocycles. The third-order valence-corrected chi connectivity index (χ3v) is 4.97. The Morgan fingerprint density at radius 1 is 1.26 bits per heavy atom. The Labute approximate surface area is 114 Å². The maximum atomic E-state index is 12.1. The summed E-state index contributed by atoms with van der Waals surface area (Å²) in [6.07, 6.45) is 3.24. The lowest BCUT2D eigenvalue weighted by molar-refractivity contribution is -0.0842. The van der Waals surface area contributed by atoms with Crippen LogP contribution in [-0.2, 0) is 4.74 Å². The highest BCUT2D eigenvalue weighted by atomic mass is 16.5. The number of esters is 1. The van der Waals surface area contributed by atoms with Gasteiger partial charge in [0, 0.05) is 5.92 Å². The van der Waals surface area contributed by atoms with Crippen molar-refractivity contribution in [3.05, 3.63) is 47.5 Å². The number of ether oxygens (including phenoxy) is 1. The molecule has 3 aliphatic carbocycles. The topological polar surface area (TPSA) is 26.3 Å². The van der Waals surface area contributed by atoms with Crippen LogP contribution in [0.2, 0.25) is 0 Å². The van der Waals surface area contributed by atoms with Crippen LogP contribution in [0, 0.1) is 17.3 Å². The lowest BCUT2D eigenvalue weighted by Gasteiger charge is -2.58. The van der Waals surface area contributed by atoms with E-state index in [2.05, 4.69) is 26.8 Å². The van der Waals surface area contributed by atoms with E-state index in [9.17, 15) is 4.79 Å². The molecular formula is C17H20O2. The van der Waals surface area contributed by atoms with Crippen LogP contribution >= 0.6 is 0 Å². The highest BCUT2D eigenvalue weighted by Gasteiger charge is 2.55. The number of fused-ring (bicyclic) bond motifs is 1. The minimum Gasteiger partial charge on any atom is -0.454 e. The maximum absolute atomic E-state index is 12.1. The molecule has 1 aromatic rings. The van der Waals surface area contributed by atoms with Crippen LogP contribution in [0.1, 0.15) is 37.6 Å². The highest BCUT2D eigenvalue weighted by molar-refractivity contribution is 5.89. The largest absolute Gasteiger partial charge is 0.454 e. The van der Waals surface area contributed by atoms with E-state index in [0.29, 0.717) is 17.4 Å². The molecule has 2 nitrogen and oxygen atoms in total. The summed E-state index contributed by atoms with van der Waals surface area (Å²) in [5.41, 5.74) is 2.27. The molecule has 0 spiro atoms. The normalized spacial score (nSPS) is 31.1. The second-order valence-electron chi connectivity index (χ2n) is 6.36. The first-order valence-electron chi connectivity index (χ1n) is 6.94. The number of benzene rings is 1. The number of allylic oxidation sites excluding steroid dienone is 1. The minimum absolute atomic E-state index is 0.0623. The van der Waals surface area contributed by atoms with Gasteiger partial charge >= 0.3 is 5.97 Å². The molecule has 2 heteroatoms. The van der Waals surface area contributed by atoms with Crippen molar-refractivity contribution in [2.75, 3.05) is 0 Å². The molecule has 1 aromatic carbocycles. The molecule has 0 amide bonds. The fraction of sp³-hybridized carbons (Fsp3) is 0.471. The number of carbonyl (C=O) groups excluding carboxylic acids is 1. The molecule has 100 valence electrons. The quantitative estimate of drug-likeness (QED) is 0.593. The van der Waals surface area contributed by atoms with Gasteiger partial charge in [0.25, 0.3) is 0 Å². The van der Waals surface area contributed by atoms with E-state index in [1.807, 2.05) is 18.2 Å². The average molecular weight is 256 g/mol. The molecule has 3 aliphatic rings. The summed E-state index contributed by atoms with van der Waals surface area (Å²) < 4.78 is 5.72. The lowest BCUT2D eigenvalue weighted by atomic mass is 9.48. The molecule has 4 rings (SSSR count). The van der Waals surface area contributed by atoms with Gasteiger partial charge in [0.05, 0.1) is 5.56 Å². The van der Waals surface area contributed by atoms with Gasteiger partial charge in [-0.15, -0.1) is 0 Å². The van der Waals surface area contributed by atoms with Gasteiger partial charge in [0.1, 0.15) is 6.10 Å². The SMILES string of the molecule is CC1=C[C@H](OC(=O)c2ccccc2)[C@H]2C[C@@H]1C2(C)C. The zero-order valence-corrected chi connectivity index (χ0v) is 11.7. The second kappa shape index (κ2) is 4.22. The van der Waals surface area contributed by atoms with Gasteiger partial charge in [-0.25, -0.2) is 4.79 Å². The Morgan fingerprint density at radius 2 is 1.95 bits per heavy atom. The molecule has 1 fully saturated rings. The molecule has 19 heavy (non-hydrogen) atoms. The minimum atomic E-state index is -0.212. The zero-order chi connectivity index (χ0) is 13.6. The van der Waals surface area contributed by atoms with Gasteiger partial charge in [-0.3, -0.25) is 0 Å². The van der Waals surface area contributed by atoms with Crippen molar-refractivity contribution >= 4 is 5.97 Å². The number of carbonyl (C=O) groups is 1. The Bertz CT molecular complexity index is 527. The van der Waals surface area contributed by atoms with Gasteiger partial charge in [-0.2, -0.15) is 0 Å². The molecular weight excluding hydrogens is 236 g/mol. The van der Waals surface area contributed by atoms with Crippen LogP contribution < -0.4 is 0 Å². The summed E-state index contributed by atoms with van der Waals surface area (Å²) in [5, 5.41) is 0. The molecule has 0 saturated heterocycles. The van der Waals surface area contributed by atoms with Crippen molar-refractivity contribution in [3.63, 3.8) is 0 Å². The van der Waals surface area contributed by atoms with Gasteiger partial charge < -0.3 is 4.74 Å². The standard InChI is InChI=1S/C17H20O2/c1-11-9-15(14-10-13(11)17(14,2)3)19-16(18)12-7-5-4-6-8-12/h4-9,13-15H,10H2,1-3H3/t13-,14+,15-/m0/s1. The lowest BCUT2D eigenvalue weighted by Crippen LogP contribution is -2.54. The van der Waals surface area contributed by atoms with Crippen LogP contribution in [0.5, 0.6) is 0 Å². The molecule has 0 aliphatic heterocycles. The average Bonchev–Trinajstić information content (AvgIpc) is 2.38. The second-order valence-corrected chi connectivity index (χ2v) is 6.36. The van der Waals surface area contributed by atoms with Crippen LogP contribution in [0.15, 0.2) is 42.0 Å². The van der Waals surface area contributed by atoms with E-state index in [4.69, 9.17) is 4.74 Å². The van der Waals surface area contributed by atoms with E-state index in [0.717, 1.165) is 6.42 Å². The smallest absolute Gasteiger partial charge is 0.338 e. The molecule has 0 aromatic heterocycles.